The van der Waals surface area contributed by atoms with Crippen molar-refractivity contribution in [2.45, 2.75) is 25.9 Å². The number of hydrogen-bond donors (Lipinski definition) is 0. The zero-order valence-corrected chi connectivity index (χ0v) is 11.2. The fourth-order valence-electron chi connectivity index (χ4n) is 2.08. The van der Waals surface area contributed by atoms with Crippen LogP contribution in [0.4, 0.5) is 4.39 Å². The topological polar surface area (TPSA) is 26.3 Å². The predicted molar refractivity (Wildman–Crippen MR) is 74.7 cm³/mol. The minimum atomic E-state index is -0.399. The Kier molecular flexibility index (Phi) is 3.26. The van der Waals surface area contributed by atoms with Gasteiger partial charge in [0.1, 0.15) is 11.6 Å². The third kappa shape index (κ3) is 2.72. The highest BCUT2D eigenvalue weighted by Gasteiger charge is 2.23. The van der Waals surface area contributed by atoms with Crippen LogP contribution in [0.1, 0.15) is 34.3 Å². The fraction of sp³-hybridized carbons (Fsp3) is 0.235. The molecule has 2 aromatic rings. The third-order valence-electron chi connectivity index (χ3n) is 3.37. The molecule has 1 aliphatic carbocycles. The summed E-state index contributed by atoms with van der Waals surface area (Å²) in [6.07, 6.45) is 2.43. The zero-order valence-electron chi connectivity index (χ0n) is 11.2. The molecule has 0 heterocycles. The average molecular weight is 270 g/mol. The van der Waals surface area contributed by atoms with E-state index in [1.165, 1.54) is 12.1 Å². The molecule has 0 spiro atoms. The Morgan fingerprint density at radius 2 is 2.00 bits per heavy atom. The summed E-state index contributed by atoms with van der Waals surface area (Å²) in [5.74, 6) is 0.125. The first-order valence-electron chi connectivity index (χ1n) is 6.71. The number of carbonyl (C=O) groups is 1. The Morgan fingerprint density at radius 1 is 1.20 bits per heavy atom. The molecule has 2 aromatic carbocycles. The van der Waals surface area contributed by atoms with Crippen LogP contribution < -0.4 is 4.74 Å². The molecule has 1 saturated carbocycles. The maximum Gasteiger partial charge on any atom is 0.193 e. The molecule has 0 saturated heterocycles. The van der Waals surface area contributed by atoms with Crippen LogP contribution in [0.2, 0.25) is 0 Å². The third-order valence-corrected chi connectivity index (χ3v) is 3.37. The number of halogens is 1. The van der Waals surface area contributed by atoms with Gasteiger partial charge in [0.2, 0.25) is 0 Å². The molecule has 0 aliphatic heterocycles. The van der Waals surface area contributed by atoms with Crippen molar-refractivity contribution in [1.29, 1.82) is 0 Å². The number of hydrogen-bond acceptors (Lipinski definition) is 2. The van der Waals surface area contributed by atoms with Crippen LogP contribution in [0, 0.1) is 12.7 Å². The van der Waals surface area contributed by atoms with Crippen LogP contribution in [0.25, 0.3) is 0 Å². The Balaban J connectivity index is 1.91. The lowest BCUT2D eigenvalue weighted by Crippen LogP contribution is -2.05. The van der Waals surface area contributed by atoms with Gasteiger partial charge in [-0.05, 0) is 49.6 Å². The van der Waals surface area contributed by atoms with Crippen LogP contribution in [-0.2, 0) is 0 Å². The van der Waals surface area contributed by atoms with Crippen molar-refractivity contribution in [2.75, 3.05) is 0 Å². The van der Waals surface area contributed by atoms with E-state index in [9.17, 15) is 9.18 Å². The molecule has 0 N–H and O–H groups in total. The normalized spacial score (nSPS) is 14.1. The van der Waals surface area contributed by atoms with Gasteiger partial charge in [0.15, 0.2) is 5.78 Å². The number of ether oxygens (including phenoxy) is 1. The van der Waals surface area contributed by atoms with Crippen molar-refractivity contribution in [2.24, 2.45) is 0 Å². The molecule has 0 atom stereocenters. The first-order chi connectivity index (χ1) is 9.63. The molecule has 102 valence electrons. The molecule has 2 nitrogen and oxygen atoms in total. The minimum Gasteiger partial charge on any atom is -0.490 e. The van der Waals surface area contributed by atoms with Gasteiger partial charge in [-0.25, -0.2) is 4.39 Å². The largest absolute Gasteiger partial charge is 0.490 e. The molecular weight excluding hydrogens is 255 g/mol. The highest BCUT2D eigenvalue weighted by Crippen LogP contribution is 2.27. The van der Waals surface area contributed by atoms with E-state index < -0.39 is 5.82 Å². The van der Waals surface area contributed by atoms with Gasteiger partial charge in [-0.15, -0.1) is 0 Å². The molecule has 0 unspecified atom stereocenters. The van der Waals surface area contributed by atoms with Crippen LogP contribution in [-0.4, -0.2) is 11.9 Å². The van der Waals surface area contributed by atoms with Gasteiger partial charge in [0.25, 0.3) is 0 Å². The second kappa shape index (κ2) is 5.08. The number of ketones is 1. The summed E-state index contributed by atoms with van der Waals surface area (Å²) in [6, 6.07) is 11.3. The monoisotopic (exact) mass is 270 g/mol. The average Bonchev–Trinajstić information content (AvgIpc) is 3.25. The molecule has 1 aliphatic rings. The summed E-state index contributed by atoms with van der Waals surface area (Å²) in [6.45, 7) is 1.80. The second-order valence-corrected chi connectivity index (χ2v) is 5.13. The lowest BCUT2D eigenvalue weighted by Gasteiger charge is -2.08. The van der Waals surface area contributed by atoms with E-state index in [0.717, 1.165) is 18.4 Å². The van der Waals surface area contributed by atoms with Gasteiger partial charge >= 0.3 is 0 Å². The molecule has 1 fully saturated rings. The van der Waals surface area contributed by atoms with Crippen molar-refractivity contribution in [3.63, 3.8) is 0 Å². The van der Waals surface area contributed by atoms with Crippen molar-refractivity contribution in [3.05, 3.63) is 65.0 Å². The van der Waals surface area contributed by atoms with Crippen molar-refractivity contribution >= 4 is 5.78 Å². The zero-order chi connectivity index (χ0) is 14.1. The van der Waals surface area contributed by atoms with Crippen molar-refractivity contribution < 1.29 is 13.9 Å². The Morgan fingerprint density at radius 3 is 2.75 bits per heavy atom. The number of aryl methyl sites for hydroxylation is 1. The van der Waals surface area contributed by atoms with Gasteiger partial charge in [-0.1, -0.05) is 18.2 Å². The smallest absolute Gasteiger partial charge is 0.193 e. The second-order valence-electron chi connectivity index (χ2n) is 5.13. The first-order valence-corrected chi connectivity index (χ1v) is 6.71. The summed E-state index contributed by atoms with van der Waals surface area (Å²) < 4.78 is 19.0. The van der Waals surface area contributed by atoms with Crippen LogP contribution >= 0.6 is 0 Å². The Bertz CT molecular complexity index is 660. The van der Waals surface area contributed by atoms with Crippen LogP contribution in [0.3, 0.4) is 0 Å². The summed E-state index contributed by atoms with van der Waals surface area (Å²) in [4.78, 5) is 12.5. The summed E-state index contributed by atoms with van der Waals surface area (Å²) in [5.41, 5.74) is 1.69. The van der Waals surface area contributed by atoms with E-state index in [1.807, 2.05) is 6.07 Å². The van der Waals surface area contributed by atoms with Gasteiger partial charge in [-0.2, -0.15) is 0 Å². The van der Waals surface area contributed by atoms with E-state index in [1.54, 1.807) is 31.2 Å². The fourth-order valence-corrected chi connectivity index (χ4v) is 2.08. The van der Waals surface area contributed by atoms with E-state index in [0.29, 0.717) is 16.9 Å². The van der Waals surface area contributed by atoms with E-state index in [4.69, 9.17) is 4.74 Å². The minimum absolute atomic E-state index is 0.178. The molecule has 20 heavy (non-hydrogen) atoms. The van der Waals surface area contributed by atoms with Gasteiger partial charge in [-0.3, -0.25) is 4.79 Å². The van der Waals surface area contributed by atoms with Crippen LogP contribution in [0.5, 0.6) is 5.75 Å². The van der Waals surface area contributed by atoms with E-state index >= 15 is 0 Å². The number of carbonyl (C=O) groups excluding carboxylic acids is 1. The van der Waals surface area contributed by atoms with Gasteiger partial charge < -0.3 is 4.74 Å². The predicted octanol–water partition coefficient (Wildman–Crippen LogP) is 3.91. The SMILES string of the molecule is Cc1ccc(F)cc1C(=O)c1cccc(OC2CC2)c1. The van der Waals surface area contributed by atoms with Crippen molar-refractivity contribution in [1.82, 2.24) is 0 Å². The van der Waals surface area contributed by atoms with E-state index in [-0.39, 0.29) is 11.9 Å². The molecule has 0 bridgehead atoms. The lowest BCUT2D eigenvalue weighted by atomic mass is 9.99. The maximum atomic E-state index is 13.3. The standard InChI is InChI=1S/C17H15FO2/c1-11-5-6-13(18)10-16(11)17(19)12-3-2-4-15(9-12)20-14-7-8-14/h2-6,9-10,14H,7-8H2,1H3. The molecular formula is C17H15FO2. The van der Waals surface area contributed by atoms with E-state index in [2.05, 4.69) is 0 Å². The van der Waals surface area contributed by atoms with Gasteiger partial charge in [0.05, 0.1) is 6.10 Å². The lowest BCUT2D eigenvalue weighted by molar-refractivity contribution is 0.103. The van der Waals surface area contributed by atoms with Crippen LogP contribution in [0.15, 0.2) is 42.5 Å². The van der Waals surface area contributed by atoms with Gasteiger partial charge in [0, 0.05) is 11.1 Å². The highest BCUT2D eigenvalue weighted by atomic mass is 19.1. The molecule has 3 rings (SSSR count). The molecule has 0 amide bonds. The van der Waals surface area contributed by atoms with Crippen molar-refractivity contribution in [3.8, 4) is 5.75 Å². The Hall–Kier alpha value is -2.16. The quantitative estimate of drug-likeness (QED) is 0.787. The molecule has 0 radical (unpaired) electrons. The number of benzene rings is 2. The number of rotatable bonds is 4. The Labute approximate surface area is 117 Å². The molecule has 0 aromatic heterocycles. The molecule has 3 heteroatoms. The highest BCUT2D eigenvalue weighted by molar-refractivity contribution is 6.10. The summed E-state index contributed by atoms with van der Waals surface area (Å²) >= 11 is 0. The summed E-state index contributed by atoms with van der Waals surface area (Å²) in [7, 11) is 0. The maximum absolute atomic E-state index is 13.3. The summed E-state index contributed by atoms with van der Waals surface area (Å²) in [5, 5.41) is 0. The first kappa shape index (κ1) is 12.9.